The molecule has 0 saturated heterocycles. The van der Waals surface area contributed by atoms with E-state index < -0.39 is 40.9 Å². The number of hydrogen-bond acceptors (Lipinski definition) is 5. The molecule has 2 aromatic carbocycles. The number of ether oxygens (including phenoxy) is 1. The predicted molar refractivity (Wildman–Crippen MR) is 101 cm³/mol. The summed E-state index contributed by atoms with van der Waals surface area (Å²) in [6.07, 6.45) is -0.864. The van der Waals surface area contributed by atoms with Gasteiger partial charge in [-0.05, 0) is 17.7 Å². The maximum atomic E-state index is 14.0. The molecule has 29 heavy (non-hydrogen) atoms. The van der Waals surface area contributed by atoms with Gasteiger partial charge in [0.25, 0.3) is 5.91 Å². The van der Waals surface area contributed by atoms with Crippen molar-refractivity contribution in [2.75, 3.05) is 4.90 Å². The number of esters is 1. The molecule has 2 heterocycles. The summed E-state index contributed by atoms with van der Waals surface area (Å²) in [4.78, 5) is 29.6. The number of thiazole rings is 1. The van der Waals surface area contributed by atoms with Crippen LogP contribution in [-0.2, 0) is 27.3 Å². The monoisotopic (exact) mass is 440 g/mol. The third kappa shape index (κ3) is 3.56. The van der Waals surface area contributed by atoms with Crippen molar-refractivity contribution in [3.05, 3.63) is 57.3 Å². The molecule has 1 aliphatic heterocycles. The van der Waals surface area contributed by atoms with Crippen LogP contribution in [0, 0.1) is 17.5 Å². The summed E-state index contributed by atoms with van der Waals surface area (Å²) < 4.78 is 46.4. The van der Waals surface area contributed by atoms with Crippen LogP contribution in [0.3, 0.4) is 0 Å². The van der Waals surface area contributed by atoms with Gasteiger partial charge in [-0.25, -0.2) is 18.2 Å². The zero-order valence-electron chi connectivity index (χ0n) is 14.8. The number of carbonyl (C=O) groups excluding carboxylic acids is 2. The van der Waals surface area contributed by atoms with Gasteiger partial charge in [0.2, 0.25) is 0 Å². The Morgan fingerprint density at radius 2 is 2.07 bits per heavy atom. The van der Waals surface area contributed by atoms with Crippen molar-refractivity contribution in [3.63, 3.8) is 0 Å². The van der Waals surface area contributed by atoms with Crippen LogP contribution in [0.5, 0.6) is 0 Å². The normalized spacial score (nSPS) is 16.2. The van der Waals surface area contributed by atoms with Crippen molar-refractivity contribution in [2.45, 2.75) is 26.0 Å². The van der Waals surface area contributed by atoms with Gasteiger partial charge in [0.1, 0.15) is 16.3 Å². The molecule has 1 atom stereocenters. The van der Waals surface area contributed by atoms with E-state index >= 15 is 0 Å². The lowest BCUT2D eigenvalue weighted by Gasteiger charge is -2.33. The number of fused-ring (bicyclic) bond motifs is 2. The zero-order chi connectivity index (χ0) is 20.9. The Balaban J connectivity index is 1.77. The molecule has 1 aromatic heterocycles. The minimum absolute atomic E-state index is 0.147. The Morgan fingerprint density at radius 1 is 1.31 bits per heavy atom. The second-order valence-corrected chi connectivity index (χ2v) is 7.96. The quantitative estimate of drug-likeness (QED) is 0.448. The number of aromatic nitrogens is 1. The van der Waals surface area contributed by atoms with Crippen LogP contribution in [-0.4, -0.2) is 23.0 Å². The molecule has 10 heteroatoms. The maximum Gasteiger partial charge on any atom is 0.303 e. The van der Waals surface area contributed by atoms with E-state index in [2.05, 4.69) is 4.98 Å². The summed E-state index contributed by atoms with van der Waals surface area (Å²) >= 11 is 6.87. The van der Waals surface area contributed by atoms with Crippen LogP contribution in [0.15, 0.2) is 24.3 Å². The van der Waals surface area contributed by atoms with Crippen LogP contribution in [0.4, 0.5) is 18.9 Å². The smallest absolute Gasteiger partial charge is 0.303 e. The largest absolute Gasteiger partial charge is 0.452 e. The lowest BCUT2D eigenvalue weighted by Crippen LogP contribution is -2.46. The molecule has 0 spiro atoms. The molecule has 1 amide bonds. The van der Waals surface area contributed by atoms with E-state index in [0.717, 1.165) is 11.3 Å². The molecule has 1 aliphatic rings. The van der Waals surface area contributed by atoms with E-state index in [1.807, 2.05) is 0 Å². The molecule has 1 unspecified atom stereocenters. The van der Waals surface area contributed by atoms with Crippen LogP contribution in [0.25, 0.3) is 10.2 Å². The molecular weight excluding hydrogens is 429 g/mol. The van der Waals surface area contributed by atoms with Gasteiger partial charge in [-0.3, -0.25) is 9.59 Å². The van der Waals surface area contributed by atoms with Crippen molar-refractivity contribution in [3.8, 4) is 0 Å². The predicted octanol–water partition coefficient (Wildman–Crippen LogP) is 4.39. The summed E-state index contributed by atoms with van der Waals surface area (Å²) in [6.45, 7) is 1.05. The van der Waals surface area contributed by atoms with Gasteiger partial charge >= 0.3 is 5.97 Å². The lowest BCUT2D eigenvalue weighted by atomic mass is 9.99. The fourth-order valence-corrected chi connectivity index (χ4v) is 4.35. The number of rotatable bonds is 3. The third-order valence-corrected chi connectivity index (χ3v) is 5.73. The Kier molecular flexibility index (Phi) is 4.95. The topological polar surface area (TPSA) is 59.5 Å². The first kappa shape index (κ1) is 19.7. The Labute approximate surface area is 171 Å². The molecule has 150 valence electrons. The number of hydrogen-bond donors (Lipinski definition) is 0. The first-order valence-electron chi connectivity index (χ1n) is 8.44. The summed E-state index contributed by atoms with van der Waals surface area (Å²) in [5, 5.41) is 0.571. The lowest BCUT2D eigenvalue weighted by molar-refractivity contribution is -0.153. The third-order valence-electron chi connectivity index (χ3n) is 4.45. The van der Waals surface area contributed by atoms with Gasteiger partial charge < -0.3 is 9.64 Å². The van der Waals surface area contributed by atoms with Gasteiger partial charge in [-0.1, -0.05) is 17.7 Å². The minimum Gasteiger partial charge on any atom is -0.452 e. The van der Waals surface area contributed by atoms with E-state index in [9.17, 15) is 22.8 Å². The number of carbonyl (C=O) groups is 2. The van der Waals surface area contributed by atoms with Gasteiger partial charge in [-0.15, -0.1) is 11.3 Å². The average Bonchev–Trinajstić information content (AvgIpc) is 3.08. The van der Waals surface area contributed by atoms with Crippen molar-refractivity contribution in [1.29, 1.82) is 0 Å². The van der Waals surface area contributed by atoms with Gasteiger partial charge in [0.15, 0.2) is 17.7 Å². The molecule has 4 rings (SSSR count). The van der Waals surface area contributed by atoms with Gasteiger partial charge in [0, 0.05) is 30.1 Å². The highest BCUT2D eigenvalue weighted by Crippen LogP contribution is 2.35. The van der Waals surface area contributed by atoms with E-state index in [1.165, 1.54) is 11.8 Å². The van der Waals surface area contributed by atoms with E-state index in [-0.39, 0.29) is 22.7 Å². The van der Waals surface area contributed by atoms with Crippen LogP contribution in [0.2, 0.25) is 5.02 Å². The van der Waals surface area contributed by atoms with Crippen molar-refractivity contribution < 1.29 is 27.5 Å². The maximum absolute atomic E-state index is 14.0. The van der Waals surface area contributed by atoms with Gasteiger partial charge in [-0.2, -0.15) is 0 Å². The SMILES string of the molecule is CC(=O)OC1Cc2ccc(Cl)cc2N(Cc2nc3c(F)c(F)cc(F)c3s2)C1=O. The zero-order valence-corrected chi connectivity index (χ0v) is 16.4. The molecular formula is C19H12ClF3N2O3S. The molecule has 0 N–H and O–H groups in total. The summed E-state index contributed by atoms with van der Waals surface area (Å²) in [5.74, 6) is -4.65. The highest BCUT2D eigenvalue weighted by Gasteiger charge is 2.35. The molecule has 0 aliphatic carbocycles. The van der Waals surface area contributed by atoms with Crippen molar-refractivity contribution >= 4 is 50.7 Å². The molecule has 0 saturated carbocycles. The second-order valence-electron chi connectivity index (χ2n) is 6.44. The number of benzene rings is 2. The van der Waals surface area contributed by atoms with Crippen molar-refractivity contribution in [1.82, 2.24) is 4.98 Å². The van der Waals surface area contributed by atoms with Crippen LogP contribution < -0.4 is 4.90 Å². The Morgan fingerprint density at radius 3 is 2.79 bits per heavy atom. The average molecular weight is 441 g/mol. The van der Waals surface area contributed by atoms with Gasteiger partial charge in [0.05, 0.1) is 11.2 Å². The number of anilines is 1. The molecule has 0 radical (unpaired) electrons. The molecule has 5 nitrogen and oxygen atoms in total. The number of nitrogens with zero attached hydrogens (tertiary/aromatic N) is 2. The van der Waals surface area contributed by atoms with Crippen LogP contribution in [0.1, 0.15) is 17.5 Å². The molecule has 0 bridgehead atoms. The Bertz CT molecular complexity index is 1170. The highest BCUT2D eigenvalue weighted by atomic mass is 35.5. The summed E-state index contributed by atoms with van der Waals surface area (Å²) in [5.41, 5.74) is 0.761. The van der Waals surface area contributed by atoms with Crippen LogP contribution >= 0.6 is 22.9 Å². The summed E-state index contributed by atoms with van der Waals surface area (Å²) in [6, 6.07) is 5.38. The second kappa shape index (κ2) is 7.31. The fourth-order valence-electron chi connectivity index (χ4n) is 3.23. The highest BCUT2D eigenvalue weighted by molar-refractivity contribution is 7.18. The first-order chi connectivity index (χ1) is 13.7. The molecule has 0 fully saturated rings. The minimum atomic E-state index is -1.34. The van der Waals surface area contributed by atoms with Crippen molar-refractivity contribution in [2.24, 2.45) is 0 Å². The Hall–Kier alpha value is -2.65. The number of amides is 1. The first-order valence-corrected chi connectivity index (χ1v) is 9.64. The van der Waals surface area contributed by atoms with E-state index in [4.69, 9.17) is 16.3 Å². The standard InChI is InChI=1S/C19H12ClF3N2O3S/c1-8(26)28-14-4-9-2-3-10(20)5-13(9)25(19(14)27)7-15-24-17-16(23)11(21)6-12(22)18(17)29-15/h2-3,5-6,14H,4,7H2,1H3. The summed E-state index contributed by atoms with van der Waals surface area (Å²) in [7, 11) is 0. The van der Waals surface area contributed by atoms with E-state index in [1.54, 1.807) is 18.2 Å². The molecule has 3 aromatic rings. The fraction of sp³-hybridized carbons (Fsp3) is 0.211. The van der Waals surface area contributed by atoms with E-state index in [0.29, 0.717) is 22.3 Å². The number of halogens is 4.